The predicted molar refractivity (Wildman–Crippen MR) is 80.2 cm³/mol. The Hall–Kier alpha value is -1.41. The molecule has 18 heavy (non-hydrogen) atoms. The molecule has 0 spiro atoms. The van der Waals surface area contributed by atoms with Gasteiger partial charge in [-0.2, -0.15) is 0 Å². The molecule has 3 heteroatoms. The number of rotatable bonds is 4. The largest absolute Gasteiger partial charge is 0.398 e. The molecule has 0 amide bonds. The summed E-state index contributed by atoms with van der Waals surface area (Å²) in [5.41, 5.74) is 11.6. The van der Waals surface area contributed by atoms with Crippen molar-refractivity contribution in [3.63, 3.8) is 0 Å². The van der Waals surface area contributed by atoms with E-state index in [1.54, 1.807) is 0 Å². The molecule has 3 N–H and O–H groups in total. The van der Waals surface area contributed by atoms with Gasteiger partial charge in [-0.25, -0.2) is 0 Å². The Kier molecular flexibility index (Phi) is 4.32. The number of nitrogens with two attached hydrogens (primary N) is 1. The average molecular weight is 263 g/mol. The molecule has 1 aromatic rings. The number of anilines is 2. The zero-order valence-corrected chi connectivity index (χ0v) is 11.4. The number of allylic oxidation sites excluding steroid dienone is 3. The second-order valence-corrected chi connectivity index (χ2v) is 4.98. The van der Waals surface area contributed by atoms with E-state index in [0.717, 1.165) is 36.3 Å². The summed E-state index contributed by atoms with van der Waals surface area (Å²) in [5, 5.41) is 3.40. The van der Waals surface area contributed by atoms with E-state index in [9.17, 15) is 0 Å². The Morgan fingerprint density at radius 3 is 2.56 bits per heavy atom. The summed E-state index contributed by atoms with van der Waals surface area (Å²) in [6, 6.07) is 6.09. The van der Waals surface area contributed by atoms with E-state index in [0.29, 0.717) is 5.88 Å². The fraction of sp³-hybridized carbons (Fsp3) is 0.333. The number of aryl methyl sites for hydroxylation is 1. The molecule has 2 nitrogen and oxygen atoms in total. The van der Waals surface area contributed by atoms with Crippen molar-refractivity contribution < 1.29 is 0 Å². The fourth-order valence-electron chi connectivity index (χ4n) is 1.95. The third-order valence-corrected chi connectivity index (χ3v) is 3.64. The summed E-state index contributed by atoms with van der Waals surface area (Å²) in [6.45, 7) is 2.88. The molecule has 0 heterocycles. The summed E-state index contributed by atoms with van der Waals surface area (Å²) in [4.78, 5) is 0. The number of alkyl halides is 1. The van der Waals surface area contributed by atoms with Crippen LogP contribution in [-0.4, -0.2) is 12.4 Å². The number of nitrogen functional groups attached to an aromatic ring is 1. The van der Waals surface area contributed by atoms with Gasteiger partial charge in [-0.3, -0.25) is 0 Å². The summed E-state index contributed by atoms with van der Waals surface area (Å²) in [7, 11) is 0. The molecule has 1 aliphatic carbocycles. The molecule has 0 aliphatic heterocycles. The lowest BCUT2D eigenvalue weighted by Crippen LogP contribution is -2.07. The van der Waals surface area contributed by atoms with Crippen LogP contribution in [0.15, 0.2) is 41.5 Å². The first kappa shape index (κ1) is 13.0. The smallest absolute Gasteiger partial charge is 0.0436 e. The highest BCUT2D eigenvalue weighted by atomic mass is 35.5. The highest BCUT2D eigenvalue weighted by Crippen LogP contribution is 2.21. The van der Waals surface area contributed by atoms with E-state index >= 15 is 0 Å². The minimum absolute atomic E-state index is 0.645. The van der Waals surface area contributed by atoms with Gasteiger partial charge in [0, 0.05) is 23.8 Å². The van der Waals surface area contributed by atoms with E-state index in [1.807, 2.05) is 19.1 Å². The Labute approximate surface area is 114 Å². The van der Waals surface area contributed by atoms with Crippen molar-refractivity contribution in [3.8, 4) is 0 Å². The van der Waals surface area contributed by atoms with Gasteiger partial charge in [-0.15, -0.1) is 11.6 Å². The van der Waals surface area contributed by atoms with Crippen LogP contribution in [0.5, 0.6) is 0 Å². The molecule has 0 bridgehead atoms. The van der Waals surface area contributed by atoms with Gasteiger partial charge in [0.15, 0.2) is 0 Å². The molecule has 0 saturated heterocycles. The second-order valence-electron chi connectivity index (χ2n) is 4.71. The summed E-state index contributed by atoms with van der Waals surface area (Å²) >= 11 is 5.81. The minimum atomic E-state index is 0.645. The van der Waals surface area contributed by atoms with Gasteiger partial charge in [0.2, 0.25) is 0 Å². The lowest BCUT2D eigenvalue weighted by molar-refractivity contribution is 0.888. The first-order valence-electron chi connectivity index (χ1n) is 6.22. The highest BCUT2D eigenvalue weighted by Gasteiger charge is 2.05. The molecule has 0 unspecified atom stereocenters. The molecule has 0 radical (unpaired) electrons. The quantitative estimate of drug-likeness (QED) is 0.638. The number of nitrogens with one attached hydrogen (secondary N) is 1. The normalized spacial score (nSPS) is 15.0. The van der Waals surface area contributed by atoms with Crippen LogP contribution >= 0.6 is 11.6 Å². The van der Waals surface area contributed by atoms with Gasteiger partial charge in [-0.05, 0) is 37.5 Å². The van der Waals surface area contributed by atoms with E-state index in [-0.39, 0.29) is 0 Å². The van der Waals surface area contributed by atoms with Crippen molar-refractivity contribution in [2.24, 2.45) is 0 Å². The number of hydrogen-bond acceptors (Lipinski definition) is 2. The molecule has 1 aromatic carbocycles. The number of halogens is 1. The molecule has 96 valence electrons. The van der Waals surface area contributed by atoms with Crippen LogP contribution in [-0.2, 0) is 0 Å². The minimum Gasteiger partial charge on any atom is -0.398 e. The van der Waals surface area contributed by atoms with Gasteiger partial charge >= 0.3 is 0 Å². The van der Waals surface area contributed by atoms with E-state index in [2.05, 4.69) is 23.5 Å². The van der Waals surface area contributed by atoms with E-state index in [1.165, 1.54) is 11.1 Å². The standard InChI is InChI=1S/C15H19ClN2/c1-11-2-7-14(8-15(11)17)18-10-13-5-3-12(9-16)4-6-13/h2-3,5,7-8,18H,4,6,9-10,17H2,1H3. The van der Waals surface area contributed by atoms with Crippen LogP contribution in [0.2, 0.25) is 0 Å². The second kappa shape index (κ2) is 5.96. The number of benzene rings is 1. The van der Waals surface area contributed by atoms with E-state index < -0.39 is 0 Å². The summed E-state index contributed by atoms with van der Waals surface area (Å²) < 4.78 is 0. The Morgan fingerprint density at radius 2 is 1.94 bits per heavy atom. The summed E-state index contributed by atoms with van der Waals surface area (Å²) in [5.74, 6) is 0.645. The lowest BCUT2D eigenvalue weighted by atomic mass is 9.99. The van der Waals surface area contributed by atoms with Crippen molar-refractivity contribution in [1.82, 2.24) is 0 Å². The van der Waals surface area contributed by atoms with Gasteiger partial charge in [-0.1, -0.05) is 29.4 Å². The molecular weight excluding hydrogens is 244 g/mol. The third kappa shape index (κ3) is 3.30. The van der Waals surface area contributed by atoms with Gasteiger partial charge in [0.25, 0.3) is 0 Å². The van der Waals surface area contributed by atoms with Crippen LogP contribution in [0.25, 0.3) is 0 Å². The topological polar surface area (TPSA) is 38.0 Å². The molecule has 2 rings (SSSR count). The van der Waals surface area contributed by atoms with Gasteiger partial charge in [0.1, 0.15) is 0 Å². The third-order valence-electron chi connectivity index (χ3n) is 3.29. The van der Waals surface area contributed by atoms with Crippen molar-refractivity contribution in [2.45, 2.75) is 19.8 Å². The average Bonchev–Trinajstić information content (AvgIpc) is 2.41. The van der Waals surface area contributed by atoms with Crippen molar-refractivity contribution in [2.75, 3.05) is 23.5 Å². The fourth-order valence-corrected chi connectivity index (χ4v) is 2.17. The maximum atomic E-state index is 5.89. The van der Waals surface area contributed by atoms with E-state index in [4.69, 9.17) is 17.3 Å². The Balaban J connectivity index is 1.94. The monoisotopic (exact) mass is 262 g/mol. The van der Waals surface area contributed by atoms with Crippen LogP contribution in [0.3, 0.4) is 0 Å². The van der Waals surface area contributed by atoms with Crippen molar-refractivity contribution >= 4 is 23.0 Å². The van der Waals surface area contributed by atoms with Gasteiger partial charge in [0.05, 0.1) is 0 Å². The molecule has 0 saturated carbocycles. The number of hydrogen-bond donors (Lipinski definition) is 2. The van der Waals surface area contributed by atoms with Crippen molar-refractivity contribution in [3.05, 3.63) is 47.1 Å². The molecule has 0 aromatic heterocycles. The predicted octanol–water partition coefficient (Wildman–Crippen LogP) is 3.87. The zero-order valence-electron chi connectivity index (χ0n) is 10.7. The maximum Gasteiger partial charge on any atom is 0.0436 e. The van der Waals surface area contributed by atoms with Crippen molar-refractivity contribution in [1.29, 1.82) is 0 Å². The lowest BCUT2D eigenvalue weighted by Gasteiger charge is -2.15. The van der Waals surface area contributed by atoms with Gasteiger partial charge < -0.3 is 11.1 Å². The first-order valence-corrected chi connectivity index (χ1v) is 6.76. The first-order chi connectivity index (χ1) is 8.69. The molecule has 1 aliphatic rings. The zero-order chi connectivity index (χ0) is 13.0. The molecule has 0 atom stereocenters. The van der Waals surface area contributed by atoms with Crippen LogP contribution in [0.1, 0.15) is 18.4 Å². The van der Waals surface area contributed by atoms with Crippen LogP contribution in [0, 0.1) is 6.92 Å². The molecular formula is C15H19ClN2. The summed E-state index contributed by atoms with van der Waals surface area (Å²) in [6.07, 6.45) is 6.47. The highest BCUT2D eigenvalue weighted by molar-refractivity contribution is 6.19. The SMILES string of the molecule is Cc1ccc(NCC2=CC=C(CCl)CC2)cc1N. The van der Waals surface area contributed by atoms with Crippen LogP contribution in [0.4, 0.5) is 11.4 Å². The maximum absolute atomic E-state index is 5.89. The Morgan fingerprint density at radius 1 is 1.22 bits per heavy atom. The molecule has 0 fully saturated rings. The van der Waals surface area contributed by atoms with Crippen LogP contribution < -0.4 is 11.1 Å². The Bertz CT molecular complexity index is 489.